The summed E-state index contributed by atoms with van der Waals surface area (Å²) in [7, 11) is 0. The normalized spacial score (nSPS) is 11.9. The Morgan fingerprint density at radius 2 is 2.00 bits per heavy atom. The van der Waals surface area contributed by atoms with Crippen molar-refractivity contribution in [2.24, 2.45) is 0 Å². The molecule has 0 aliphatic heterocycles. The first-order valence-electron chi connectivity index (χ1n) is 7.20. The molecule has 8 heteroatoms. The highest BCUT2D eigenvalue weighted by molar-refractivity contribution is 8.00. The zero-order chi connectivity index (χ0) is 16.9. The predicted octanol–water partition coefficient (Wildman–Crippen LogP) is 2.92. The fourth-order valence-corrected chi connectivity index (χ4v) is 2.81. The number of nitrogens with one attached hydrogen (secondary N) is 1. The number of rotatable bonds is 5. The van der Waals surface area contributed by atoms with Crippen molar-refractivity contribution < 1.29 is 9.18 Å². The Labute approximate surface area is 142 Å². The highest BCUT2D eigenvalue weighted by Crippen LogP contribution is 2.24. The summed E-state index contributed by atoms with van der Waals surface area (Å²) in [5.74, 6) is -0.547. The summed E-state index contributed by atoms with van der Waals surface area (Å²) in [6.45, 7) is 1.76. The van der Waals surface area contributed by atoms with Gasteiger partial charge in [-0.05, 0) is 47.7 Å². The van der Waals surface area contributed by atoms with Crippen molar-refractivity contribution in [1.82, 2.24) is 20.2 Å². The molecule has 1 N–H and O–H groups in total. The van der Waals surface area contributed by atoms with Crippen LogP contribution in [0.5, 0.6) is 0 Å². The molecule has 0 saturated carbocycles. The minimum absolute atomic E-state index is 0.167. The van der Waals surface area contributed by atoms with Gasteiger partial charge < -0.3 is 5.32 Å². The Morgan fingerprint density at radius 3 is 2.75 bits per heavy atom. The molecule has 1 aromatic heterocycles. The molecule has 1 amide bonds. The number of tetrazole rings is 1. The van der Waals surface area contributed by atoms with E-state index < -0.39 is 5.25 Å². The van der Waals surface area contributed by atoms with Crippen molar-refractivity contribution in [3.8, 4) is 5.69 Å². The van der Waals surface area contributed by atoms with Gasteiger partial charge in [0.1, 0.15) is 5.82 Å². The third-order valence-electron chi connectivity index (χ3n) is 3.19. The minimum Gasteiger partial charge on any atom is -0.325 e. The van der Waals surface area contributed by atoms with Crippen LogP contribution in [-0.2, 0) is 4.79 Å². The van der Waals surface area contributed by atoms with E-state index in [1.165, 1.54) is 28.6 Å². The Morgan fingerprint density at radius 1 is 1.21 bits per heavy atom. The number of thioether (sulfide) groups is 1. The Hall–Kier alpha value is -2.74. The van der Waals surface area contributed by atoms with Crippen molar-refractivity contribution in [1.29, 1.82) is 0 Å². The van der Waals surface area contributed by atoms with Gasteiger partial charge in [-0.25, -0.2) is 4.39 Å². The van der Waals surface area contributed by atoms with Gasteiger partial charge in [0, 0.05) is 5.69 Å². The van der Waals surface area contributed by atoms with Gasteiger partial charge in [-0.2, -0.15) is 4.68 Å². The summed E-state index contributed by atoms with van der Waals surface area (Å²) in [4.78, 5) is 12.3. The lowest BCUT2D eigenvalue weighted by molar-refractivity contribution is -0.115. The van der Waals surface area contributed by atoms with E-state index in [9.17, 15) is 9.18 Å². The molecule has 0 bridgehead atoms. The van der Waals surface area contributed by atoms with Crippen LogP contribution in [-0.4, -0.2) is 31.4 Å². The number of hydrogen-bond acceptors (Lipinski definition) is 5. The number of halogens is 1. The molecule has 1 heterocycles. The van der Waals surface area contributed by atoms with Crippen molar-refractivity contribution in [2.45, 2.75) is 17.3 Å². The lowest BCUT2D eigenvalue weighted by Crippen LogP contribution is -2.22. The van der Waals surface area contributed by atoms with Crippen LogP contribution in [0, 0.1) is 5.82 Å². The molecule has 1 atom stereocenters. The van der Waals surface area contributed by atoms with Gasteiger partial charge in [-0.1, -0.05) is 36.0 Å². The number of hydrogen-bond donors (Lipinski definition) is 1. The summed E-state index contributed by atoms with van der Waals surface area (Å²) in [6, 6.07) is 15.1. The molecule has 24 heavy (non-hydrogen) atoms. The third-order valence-corrected chi connectivity index (χ3v) is 4.22. The lowest BCUT2D eigenvalue weighted by atomic mass is 10.3. The van der Waals surface area contributed by atoms with Crippen LogP contribution in [0.4, 0.5) is 10.1 Å². The minimum atomic E-state index is -0.427. The highest BCUT2D eigenvalue weighted by Gasteiger charge is 2.19. The van der Waals surface area contributed by atoms with E-state index in [2.05, 4.69) is 20.8 Å². The fraction of sp³-hybridized carbons (Fsp3) is 0.125. The summed E-state index contributed by atoms with van der Waals surface area (Å²) < 4.78 is 14.8. The molecule has 3 aromatic rings. The van der Waals surface area contributed by atoms with Gasteiger partial charge in [0.15, 0.2) is 0 Å². The second-order valence-corrected chi connectivity index (χ2v) is 6.28. The van der Waals surface area contributed by atoms with Gasteiger partial charge >= 0.3 is 0 Å². The first-order chi connectivity index (χ1) is 11.6. The first kappa shape index (κ1) is 16.1. The van der Waals surface area contributed by atoms with Crippen LogP contribution in [0.2, 0.25) is 0 Å². The number of benzene rings is 2. The smallest absolute Gasteiger partial charge is 0.237 e. The number of carbonyl (C=O) groups excluding carboxylic acids is 1. The molecule has 0 saturated heterocycles. The van der Waals surface area contributed by atoms with Crippen molar-refractivity contribution in [3.05, 3.63) is 60.4 Å². The quantitative estimate of drug-likeness (QED) is 0.721. The van der Waals surface area contributed by atoms with Gasteiger partial charge in [-0.15, -0.1) is 5.10 Å². The second-order valence-electron chi connectivity index (χ2n) is 4.97. The second kappa shape index (κ2) is 7.22. The van der Waals surface area contributed by atoms with Gasteiger partial charge in [-0.3, -0.25) is 4.79 Å². The standard InChI is InChI=1S/C16H14FN5OS/c1-11(15(23)18-13-7-3-2-4-8-13)24-16-19-20-21-22(16)14-9-5-6-12(17)10-14/h2-11H,1H3,(H,18,23). The lowest BCUT2D eigenvalue weighted by Gasteiger charge is -2.11. The average Bonchev–Trinajstić information content (AvgIpc) is 3.04. The first-order valence-corrected chi connectivity index (χ1v) is 8.08. The SMILES string of the molecule is CC(Sc1nnnn1-c1cccc(F)c1)C(=O)Nc1ccccc1. The number of para-hydroxylation sites is 1. The van der Waals surface area contributed by atoms with E-state index >= 15 is 0 Å². The van der Waals surface area contributed by atoms with Crippen LogP contribution in [0.25, 0.3) is 5.69 Å². The molecule has 0 aliphatic rings. The van der Waals surface area contributed by atoms with Crippen LogP contribution >= 0.6 is 11.8 Å². The molecule has 0 fully saturated rings. The fourth-order valence-electron chi connectivity index (χ4n) is 2.00. The molecule has 0 radical (unpaired) electrons. The topological polar surface area (TPSA) is 72.7 Å². The maximum absolute atomic E-state index is 13.4. The Balaban J connectivity index is 1.72. The number of aromatic nitrogens is 4. The summed E-state index contributed by atoms with van der Waals surface area (Å²) >= 11 is 1.20. The number of nitrogens with zero attached hydrogens (tertiary/aromatic N) is 4. The van der Waals surface area contributed by atoms with Gasteiger partial charge in [0.25, 0.3) is 0 Å². The van der Waals surface area contributed by atoms with E-state index in [1.807, 2.05) is 30.3 Å². The van der Waals surface area contributed by atoms with Crippen LogP contribution in [0.3, 0.4) is 0 Å². The van der Waals surface area contributed by atoms with Crippen molar-refractivity contribution in [3.63, 3.8) is 0 Å². The van der Waals surface area contributed by atoms with E-state index in [4.69, 9.17) is 0 Å². The monoisotopic (exact) mass is 343 g/mol. The van der Waals surface area contributed by atoms with Crippen molar-refractivity contribution in [2.75, 3.05) is 5.32 Å². The molecule has 122 valence electrons. The molecule has 2 aromatic carbocycles. The zero-order valence-corrected chi connectivity index (χ0v) is 13.6. The number of amides is 1. The maximum Gasteiger partial charge on any atom is 0.237 e. The Kier molecular flexibility index (Phi) is 4.85. The van der Waals surface area contributed by atoms with E-state index in [-0.39, 0.29) is 11.7 Å². The molecule has 6 nitrogen and oxygen atoms in total. The largest absolute Gasteiger partial charge is 0.325 e. The Bertz CT molecular complexity index is 839. The van der Waals surface area contributed by atoms with Crippen LogP contribution < -0.4 is 5.32 Å². The van der Waals surface area contributed by atoms with Crippen LogP contribution in [0.15, 0.2) is 59.8 Å². The third kappa shape index (κ3) is 3.77. The molecule has 3 rings (SSSR count). The summed E-state index contributed by atoms with van der Waals surface area (Å²) in [6.07, 6.45) is 0. The van der Waals surface area contributed by atoms with Gasteiger partial charge in [0.2, 0.25) is 11.1 Å². The molecule has 0 aliphatic carbocycles. The predicted molar refractivity (Wildman–Crippen MR) is 89.5 cm³/mol. The number of anilines is 1. The molecular weight excluding hydrogens is 329 g/mol. The van der Waals surface area contributed by atoms with E-state index in [1.54, 1.807) is 19.1 Å². The molecule has 0 spiro atoms. The maximum atomic E-state index is 13.4. The summed E-state index contributed by atoms with van der Waals surface area (Å²) in [5.41, 5.74) is 1.22. The number of carbonyl (C=O) groups is 1. The molecule has 1 unspecified atom stereocenters. The summed E-state index contributed by atoms with van der Waals surface area (Å²) in [5, 5.41) is 14.2. The zero-order valence-electron chi connectivity index (χ0n) is 12.8. The van der Waals surface area contributed by atoms with Gasteiger partial charge in [0.05, 0.1) is 10.9 Å². The average molecular weight is 343 g/mol. The highest BCUT2D eigenvalue weighted by atomic mass is 32.2. The van der Waals surface area contributed by atoms with E-state index in [0.717, 1.165) is 5.69 Å². The van der Waals surface area contributed by atoms with Crippen molar-refractivity contribution >= 4 is 23.4 Å². The van der Waals surface area contributed by atoms with Crippen LogP contribution in [0.1, 0.15) is 6.92 Å². The molecular formula is C16H14FN5OS. The van der Waals surface area contributed by atoms with E-state index in [0.29, 0.717) is 10.8 Å².